The van der Waals surface area contributed by atoms with Crippen LogP contribution in [0.3, 0.4) is 0 Å². The van der Waals surface area contributed by atoms with Crippen molar-refractivity contribution in [3.63, 3.8) is 0 Å². The van der Waals surface area contributed by atoms with Gasteiger partial charge in [-0.3, -0.25) is 0 Å². The van der Waals surface area contributed by atoms with Crippen LogP contribution in [0.4, 0.5) is 0 Å². The maximum atomic E-state index is 6.28. The number of hydrogen-bond acceptors (Lipinski definition) is 2. The van der Waals surface area contributed by atoms with Crippen molar-refractivity contribution in [1.82, 2.24) is 0 Å². The number of benzene rings is 2. The molecule has 1 unspecified atom stereocenters. The minimum atomic E-state index is 0.300. The third-order valence-electron chi connectivity index (χ3n) is 3.94. The molecule has 0 bridgehead atoms. The van der Waals surface area contributed by atoms with Crippen molar-refractivity contribution in [2.75, 3.05) is 13.2 Å². The highest BCUT2D eigenvalue weighted by molar-refractivity contribution is 6.32. The zero-order valence-corrected chi connectivity index (χ0v) is 14.3. The van der Waals surface area contributed by atoms with E-state index < -0.39 is 0 Å². The Morgan fingerprint density at radius 2 is 1.91 bits per heavy atom. The van der Waals surface area contributed by atoms with E-state index in [-0.39, 0.29) is 0 Å². The monoisotopic (exact) mass is 317 g/mol. The number of rotatable bonds is 6. The molecule has 0 saturated carbocycles. The molecule has 2 nitrogen and oxygen atoms in total. The Hall–Kier alpha value is -1.51. The van der Waals surface area contributed by atoms with Gasteiger partial charge >= 0.3 is 0 Å². The first kappa shape index (κ1) is 16.9. The summed E-state index contributed by atoms with van der Waals surface area (Å²) in [5, 5.41) is 0.663. The number of aryl methyl sites for hydroxylation is 2. The first-order valence-corrected chi connectivity index (χ1v) is 8.11. The van der Waals surface area contributed by atoms with E-state index in [0.29, 0.717) is 24.1 Å². The van der Waals surface area contributed by atoms with Gasteiger partial charge in [0.25, 0.3) is 0 Å². The molecule has 0 amide bonds. The van der Waals surface area contributed by atoms with Gasteiger partial charge in [-0.15, -0.1) is 0 Å². The lowest BCUT2D eigenvalue weighted by Crippen LogP contribution is -2.16. The average Bonchev–Trinajstić information content (AvgIpc) is 2.50. The third-order valence-corrected chi connectivity index (χ3v) is 4.23. The second kappa shape index (κ2) is 7.66. The summed E-state index contributed by atoms with van der Waals surface area (Å²) in [6.45, 7) is 7.45. The molecule has 0 aliphatic rings. The molecule has 0 aromatic heterocycles. The van der Waals surface area contributed by atoms with E-state index in [1.165, 1.54) is 22.3 Å². The Balaban J connectivity index is 2.23. The molecule has 0 aliphatic heterocycles. The Labute approximate surface area is 138 Å². The normalized spacial score (nSPS) is 12.2. The second-order valence-corrected chi connectivity index (χ2v) is 6.10. The van der Waals surface area contributed by atoms with Gasteiger partial charge in [0, 0.05) is 5.92 Å². The van der Waals surface area contributed by atoms with Crippen molar-refractivity contribution in [3.05, 3.63) is 63.7 Å². The van der Waals surface area contributed by atoms with E-state index in [2.05, 4.69) is 38.1 Å². The Kier molecular flexibility index (Phi) is 5.87. The summed E-state index contributed by atoms with van der Waals surface area (Å²) in [4.78, 5) is 0. The molecule has 1 atom stereocenters. The number of nitrogens with two attached hydrogens (primary N) is 1. The topological polar surface area (TPSA) is 35.2 Å². The van der Waals surface area contributed by atoms with Gasteiger partial charge < -0.3 is 10.5 Å². The van der Waals surface area contributed by atoms with E-state index in [0.717, 1.165) is 12.2 Å². The van der Waals surface area contributed by atoms with Gasteiger partial charge in [0.05, 0.1) is 11.6 Å². The third kappa shape index (κ3) is 4.02. The molecule has 0 spiro atoms. The molecule has 2 aromatic rings. The number of hydrogen-bond donors (Lipinski definition) is 1. The quantitative estimate of drug-likeness (QED) is 0.842. The Morgan fingerprint density at radius 3 is 2.55 bits per heavy atom. The minimum absolute atomic E-state index is 0.300. The molecule has 2 aromatic carbocycles. The largest absolute Gasteiger partial charge is 0.492 e. The molecule has 0 heterocycles. The van der Waals surface area contributed by atoms with Crippen LogP contribution in [0.2, 0.25) is 5.02 Å². The van der Waals surface area contributed by atoms with Gasteiger partial charge in [-0.25, -0.2) is 0 Å². The molecule has 2 rings (SSSR count). The van der Waals surface area contributed by atoms with E-state index in [1.54, 1.807) is 0 Å². The molecule has 0 aliphatic carbocycles. The second-order valence-electron chi connectivity index (χ2n) is 5.69. The van der Waals surface area contributed by atoms with E-state index in [4.69, 9.17) is 22.1 Å². The standard InChI is InChI=1S/C19H24ClNO/c1-4-22-19-8-7-15(11-18(19)20)10-16(12-21)17-9-13(2)5-6-14(17)3/h5-9,11,16H,4,10,12,21H2,1-3H3. The van der Waals surface area contributed by atoms with Gasteiger partial charge in [0.15, 0.2) is 0 Å². The van der Waals surface area contributed by atoms with Crippen molar-refractivity contribution in [2.45, 2.75) is 33.1 Å². The predicted molar refractivity (Wildman–Crippen MR) is 94.0 cm³/mol. The van der Waals surface area contributed by atoms with Crippen LogP contribution in [-0.4, -0.2) is 13.2 Å². The molecule has 0 fully saturated rings. The highest BCUT2D eigenvalue weighted by Crippen LogP contribution is 2.29. The van der Waals surface area contributed by atoms with Gasteiger partial charge in [0.1, 0.15) is 5.75 Å². The van der Waals surface area contributed by atoms with E-state index in [1.807, 2.05) is 19.1 Å². The zero-order valence-electron chi connectivity index (χ0n) is 13.5. The maximum Gasteiger partial charge on any atom is 0.137 e. The van der Waals surface area contributed by atoms with Crippen LogP contribution >= 0.6 is 11.6 Å². The summed E-state index contributed by atoms with van der Waals surface area (Å²) in [5.74, 6) is 1.04. The highest BCUT2D eigenvalue weighted by atomic mass is 35.5. The average molecular weight is 318 g/mol. The van der Waals surface area contributed by atoms with Crippen LogP contribution in [0.15, 0.2) is 36.4 Å². The fraction of sp³-hybridized carbons (Fsp3) is 0.368. The van der Waals surface area contributed by atoms with Crippen molar-refractivity contribution in [3.8, 4) is 5.75 Å². The summed E-state index contributed by atoms with van der Waals surface area (Å²) in [5.41, 5.74) is 11.1. The fourth-order valence-electron chi connectivity index (χ4n) is 2.75. The van der Waals surface area contributed by atoms with Crippen LogP contribution in [0.5, 0.6) is 5.75 Å². The molecular formula is C19H24ClNO. The Bertz CT molecular complexity index is 639. The van der Waals surface area contributed by atoms with Crippen molar-refractivity contribution < 1.29 is 4.74 Å². The minimum Gasteiger partial charge on any atom is -0.492 e. The lowest BCUT2D eigenvalue weighted by atomic mass is 9.88. The maximum absolute atomic E-state index is 6.28. The zero-order chi connectivity index (χ0) is 16.1. The van der Waals surface area contributed by atoms with Crippen LogP contribution < -0.4 is 10.5 Å². The summed E-state index contributed by atoms with van der Waals surface area (Å²) in [6, 6.07) is 12.5. The molecule has 22 heavy (non-hydrogen) atoms. The Morgan fingerprint density at radius 1 is 1.14 bits per heavy atom. The van der Waals surface area contributed by atoms with Crippen LogP contribution in [0, 0.1) is 13.8 Å². The molecule has 0 radical (unpaired) electrons. The SMILES string of the molecule is CCOc1ccc(CC(CN)c2cc(C)ccc2C)cc1Cl. The molecular weight excluding hydrogens is 294 g/mol. The highest BCUT2D eigenvalue weighted by Gasteiger charge is 2.14. The molecule has 118 valence electrons. The van der Waals surface area contributed by atoms with Gasteiger partial charge in [-0.2, -0.15) is 0 Å². The van der Waals surface area contributed by atoms with Crippen molar-refractivity contribution >= 4 is 11.6 Å². The van der Waals surface area contributed by atoms with E-state index in [9.17, 15) is 0 Å². The van der Waals surface area contributed by atoms with Crippen molar-refractivity contribution in [2.24, 2.45) is 5.73 Å². The lowest BCUT2D eigenvalue weighted by molar-refractivity contribution is 0.340. The van der Waals surface area contributed by atoms with Gasteiger partial charge in [-0.05, 0) is 62.6 Å². The summed E-state index contributed by atoms with van der Waals surface area (Å²) >= 11 is 6.28. The van der Waals surface area contributed by atoms with Gasteiger partial charge in [0.2, 0.25) is 0 Å². The summed E-state index contributed by atoms with van der Waals surface area (Å²) in [6.07, 6.45) is 0.882. The van der Waals surface area contributed by atoms with E-state index >= 15 is 0 Å². The molecule has 3 heteroatoms. The number of ether oxygens (including phenoxy) is 1. The molecule has 0 saturated heterocycles. The predicted octanol–water partition coefficient (Wildman–Crippen LogP) is 4.64. The van der Waals surface area contributed by atoms with Crippen LogP contribution in [0.1, 0.15) is 35.1 Å². The van der Waals surface area contributed by atoms with Crippen molar-refractivity contribution in [1.29, 1.82) is 0 Å². The smallest absolute Gasteiger partial charge is 0.137 e. The fourth-order valence-corrected chi connectivity index (χ4v) is 3.01. The molecule has 2 N–H and O–H groups in total. The first-order chi connectivity index (χ1) is 10.5. The lowest BCUT2D eigenvalue weighted by Gasteiger charge is -2.19. The van der Waals surface area contributed by atoms with Crippen LogP contribution in [0.25, 0.3) is 0 Å². The first-order valence-electron chi connectivity index (χ1n) is 7.73. The summed E-state index contributed by atoms with van der Waals surface area (Å²) < 4.78 is 5.49. The summed E-state index contributed by atoms with van der Waals surface area (Å²) in [7, 11) is 0. The van der Waals surface area contributed by atoms with Crippen LogP contribution in [-0.2, 0) is 6.42 Å². The number of halogens is 1. The van der Waals surface area contributed by atoms with Gasteiger partial charge in [-0.1, -0.05) is 41.4 Å².